The molecule has 1 aliphatic carbocycles. The van der Waals surface area contributed by atoms with Gasteiger partial charge in [-0.3, -0.25) is 0 Å². The standard InChI is InChI=1S/C14H18ClN5O3/c15-13-18-11(17-8-3-1-2-4-8)10-5-16-20(12(10)19-13)14-22-7-9(6-21)23-14/h5,8-9,14,21H,1-4,6-7H2,(H,17,18,19)/t9-,14?/m1/s1. The summed E-state index contributed by atoms with van der Waals surface area (Å²) < 4.78 is 12.6. The summed E-state index contributed by atoms with van der Waals surface area (Å²) in [5.41, 5.74) is 0.550. The monoisotopic (exact) mass is 339 g/mol. The topological polar surface area (TPSA) is 94.3 Å². The molecule has 1 aliphatic heterocycles. The molecule has 4 rings (SSSR count). The molecule has 124 valence electrons. The summed E-state index contributed by atoms with van der Waals surface area (Å²) in [6.07, 6.45) is 5.33. The van der Waals surface area contributed by atoms with Gasteiger partial charge >= 0.3 is 0 Å². The number of rotatable bonds is 4. The number of aromatic nitrogens is 4. The van der Waals surface area contributed by atoms with Gasteiger partial charge in [0.15, 0.2) is 5.65 Å². The molecule has 1 unspecified atom stereocenters. The van der Waals surface area contributed by atoms with E-state index in [2.05, 4.69) is 20.4 Å². The summed E-state index contributed by atoms with van der Waals surface area (Å²) in [6.45, 7) is 0.217. The van der Waals surface area contributed by atoms with E-state index >= 15 is 0 Å². The van der Waals surface area contributed by atoms with Crippen LogP contribution in [0.1, 0.15) is 32.1 Å². The van der Waals surface area contributed by atoms with Crippen molar-refractivity contribution in [3.8, 4) is 0 Å². The first-order valence-corrected chi connectivity index (χ1v) is 8.17. The van der Waals surface area contributed by atoms with Gasteiger partial charge < -0.3 is 19.9 Å². The number of aliphatic hydroxyl groups is 1. The van der Waals surface area contributed by atoms with Crippen molar-refractivity contribution < 1.29 is 14.6 Å². The normalized spacial score (nSPS) is 25.5. The SMILES string of the molecule is OC[C@@H]1COC(n2ncc3c(NC4CCCC4)nc(Cl)nc32)O1. The third-order valence-electron chi connectivity index (χ3n) is 4.26. The van der Waals surface area contributed by atoms with E-state index in [1.165, 1.54) is 17.5 Å². The van der Waals surface area contributed by atoms with Crippen LogP contribution in [-0.4, -0.2) is 50.2 Å². The molecule has 2 N–H and O–H groups in total. The van der Waals surface area contributed by atoms with Gasteiger partial charge in [-0.05, 0) is 24.4 Å². The number of aliphatic hydroxyl groups excluding tert-OH is 1. The zero-order valence-corrected chi connectivity index (χ0v) is 13.2. The molecule has 8 nitrogen and oxygen atoms in total. The fraction of sp³-hybridized carbons (Fsp3) is 0.643. The van der Waals surface area contributed by atoms with Gasteiger partial charge in [0.05, 0.1) is 24.8 Å². The Morgan fingerprint density at radius 3 is 2.91 bits per heavy atom. The lowest BCUT2D eigenvalue weighted by molar-refractivity contribution is -0.124. The molecule has 3 heterocycles. The molecular weight excluding hydrogens is 322 g/mol. The molecule has 0 amide bonds. The zero-order chi connectivity index (χ0) is 15.8. The van der Waals surface area contributed by atoms with Crippen molar-refractivity contribution in [2.24, 2.45) is 0 Å². The molecule has 9 heteroatoms. The summed E-state index contributed by atoms with van der Waals surface area (Å²) in [4.78, 5) is 8.56. The van der Waals surface area contributed by atoms with E-state index in [4.69, 9.17) is 26.2 Å². The molecule has 2 aromatic heterocycles. The maximum atomic E-state index is 9.15. The fourth-order valence-electron chi connectivity index (χ4n) is 3.08. The number of hydrogen-bond acceptors (Lipinski definition) is 7. The lowest BCUT2D eigenvalue weighted by atomic mass is 10.2. The zero-order valence-electron chi connectivity index (χ0n) is 12.5. The van der Waals surface area contributed by atoms with E-state index in [0.29, 0.717) is 24.1 Å². The predicted octanol–water partition coefficient (Wildman–Crippen LogP) is 1.70. The average molecular weight is 340 g/mol. The maximum Gasteiger partial charge on any atom is 0.262 e. The Morgan fingerprint density at radius 1 is 1.35 bits per heavy atom. The van der Waals surface area contributed by atoms with E-state index in [1.807, 2.05) is 0 Å². The van der Waals surface area contributed by atoms with Gasteiger partial charge in [-0.2, -0.15) is 19.7 Å². The van der Waals surface area contributed by atoms with Crippen molar-refractivity contribution >= 4 is 28.5 Å². The number of anilines is 1. The summed E-state index contributed by atoms with van der Waals surface area (Å²) in [5, 5.41) is 17.8. The van der Waals surface area contributed by atoms with E-state index in [9.17, 15) is 0 Å². The molecule has 2 fully saturated rings. The fourth-order valence-corrected chi connectivity index (χ4v) is 3.25. The van der Waals surface area contributed by atoms with Gasteiger partial charge in [-0.25, -0.2) is 0 Å². The van der Waals surface area contributed by atoms with Crippen LogP contribution in [0.25, 0.3) is 11.0 Å². The van der Waals surface area contributed by atoms with E-state index < -0.39 is 6.41 Å². The third-order valence-corrected chi connectivity index (χ3v) is 4.43. The van der Waals surface area contributed by atoms with Gasteiger partial charge in [0.25, 0.3) is 6.41 Å². The summed E-state index contributed by atoms with van der Waals surface area (Å²) in [6, 6.07) is 0.408. The minimum atomic E-state index is -0.713. The maximum absolute atomic E-state index is 9.15. The van der Waals surface area contributed by atoms with Gasteiger partial charge in [0.2, 0.25) is 5.28 Å². The number of nitrogens with one attached hydrogen (secondary N) is 1. The Balaban J connectivity index is 1.67. The van der Waals surface area contributed by atoms with Crippen LogP contribution >= 0.6 is 11.6 Å². The van der Waals surface area contributed by atoms with Crippen molar-refractivity contribution in [2.75, 3.05) is 18.5 Å². The van der Waals surface area contributed by atoms with Crippen LogP contribution < -0.4 is 5.32 Å². The Morgan fingerprint density at radius 2 is 2.17 bits per heavy atom. The van der Waals surface area contributed by atoms with Crippen molar-refractivity contribution in [2.45, 2.75) is 44.2 Å². The summed E-state index contributed by atoms with van der Waals surface area (Å²) >= 11 is 6.08. The van der Waals surface area contributed by atoms with E-state index in [-0.39, 0.29) is 18.0 Å². The van der Waals surface area contributed by atoms with Crippen molar-refractivity contribution in [1.29, 1.82) is 0 Å². The van der Waals surface area contributed by atoms with Gasteiger partial charge in [0, 0.05) is 6.04 Å². The van der Waals surface area contributed by atoms with E-state index in [0.717, 1.165) is 18.2 Å². The number of nitrogens with zero attached hydrogens (tertiary/aromatic N) is 4. The third kappa shape index (κ3) is 2.87. The van der Waals surface area contributed by atoms with Crippen molar-refractivity contribution in [3.63, 3.8) is 0 Å². The minimum absolute atomic E-state index is 0.0973. The lowest BCUT2D eigenvalue weighted by Crippen LogP contribution is -2.17. The molecule has 23 heavy (non-hydrogen) atoms. The molecule has 0 radical (unpaired) electrons. The molecule has 0 aromatic carbocycles. The van der Waals surface area contributed by atoms with Gasteiger partial charge in [0.1, 0.15) is 11.9 Å². The van der Waals surface area contributed by atoms with Crippen LogP contribution in [-0.2, 0) is 9.47 Å². The van der Waals surface area contributed by atoms with Crippen LogP contribution in [0, 0.1) is 0 Å². The molecule has 0 spiro atoms. The first-order chi connectivity index (χ1) is 11.2. The van der Waals surface area contributed by atoms with Crippen LogP contribution in [0.5, 0.6) is 0 Å². The molecule has 1 saturated heterocycles. The first-order valence-electron chi connectivity index (χ1n) is 7.80. The second kappa shape index (κ2) is 6.20. The summed E-state index contributed by atoms with van der Waals surface area (Å²) in [7, 11) is 0. The highest BCUT2D eigenvalue weighted by molar-refractivity contribution is 6.28. The number of fused-ring (bicyclic) bond motifs is 1. The van der Waals surface area contributed by atoms with Crippen molar-refractivity contribution in [3.05, 3.63) is 11.5 Å². The number of hydrogen-bond donors (Lipinski definition) is 2. The second-order valence-electron chi connectivity index (χ2n) is 5.87. The van der Waals surface area contributed by atoms with Gasteiger partial charge in [-0.15, -0.1) is 0 Å². The Kier molecular flexibility index (Phi) is 4.06. The largest absolute Gasteiger partial charge is 0.394 e. The average Bonchev–Trinajstić information content (AvgIpc) is 3.26. The van der Waals surface area contributed by atoms with Gasteiger partial charge in [-0.1, -0.05) is 12.8 Å². The summed E-state index contributed by atoms with van der Waals surface area (Å²) in [5.74, 6) is 0.690. The number of ether oxygens (including phenoxy) is 2. The molecule has 2 aromatic rings. The number of halogens is 1. The molecule has 0 bridgehead atoms. The van der Waals surface area contributed by atoms with E-state index in [1.54, 1.807) is 6.20 Å². The molecule has 2 atom stereocenters. The molecule has 1 saturated carbocycles. The van der Waals surface area contributed by atoms with Crippen LogP contribution in [0.4, 0.5) is 5.82 Å². The molecular formula is C14H18ClN5O3. The smallest absolute Gasteiger partial charge is 0.262 e. The second-order valence-corrected chi connectivity index (χ2v) is 6.21. The van der Waals surface area contributed by atoms with Crippen LogP contribution in [0.15, 0.2) is 6.20 Å². The van der Waals surface area contributed by atoms with Crippen LogP contribution in [0.3, 0.4) is 0 Å². The predicted molar refractivity (Wildman–Crippen MR) is 83.2 cm³/mol. The Bertz CT molecular complexity index is 703. The van der Waals surface area contributed by atoms with Crippen LogP contribution in [0.2, 0.25) is 5.28 Å². The lowest BCUT2D eigenvalue weighted by Gasteiger charge is -2.14. The minimum Gasteiger partial charge on any atom is -0.394 e. The highest BCUT2D eigenvalue weighted by atomic mass is 35.5. The highest BCUT2D eigenvalue weighted by Crippen LogP contribution is 2.30. The molecule has 2 aliphatic rings. The quantitative estimate of drug-likeness (QED) is 0.818. The first kappa shape index (κ1) is 15.1. The van der Waals surface area contributed by atoms with Crippen molar-refractivity contribution in [1.82, 2.24) is 19.7 Å². The Labute approximate surface area is 137 Å². The Hall–Kier alpha value is -1.48. The highest BCUT2D eigenvalue weighted by Gasteiger charge is 2.30.